The maximum Gasteiger partial charge on any atom is 0.338 e. The van der Waals surface area contributed by atoms with Crippen LogP contribution in [0.3, 0.4) is 0 Å². The molecule has 3 rings (SSSR count). The first-order valence-corrected chi connectivity index (χ1v) is 11.8. The van der Waals surface area contributed by atoms with Crippen LogP contribution in [-0.2, 0) is 14.3 Å². The van der Waals surface area contributed by atoms with Crippen LogP contribution in [0.2, 0.25) is 0 Å². The number of amides is 2. The van der Waals surface area contributed by atoms with Crippen molar-refractivity contribution in [2.24, 2.45) is 5.73 Å². The number of anilines is 3. The highest BCUT2D eigenvalue weighted by Gasteiger charge is 2.25. The van der Waals surface area contributed by atoms with Crippen molar-refractivity contribution in [3.8, 4) is 0 Å². The first-order chi connectivity index (χ1) is 16.6. The van der Waals surface area contributed by atoms with Crippen LogP contribution in [0.4, 0.5) is 17.1 Å². The van der Waals surface area contributed by atoms with Gasteiger partial charge < -0.3 is 26.0 Å². The summed E-state index contributed by atoms with van der Waals surface area (Å²) in [6, 6.07) is 12.8. The molecule has 2 amide bonds. The summed E-state index contributed by atoms with van der Waals surface area (Å²) in [4.78, 5) is 38.2. The third kappa shape index (κ3) is 6.93. The van der Waals surface area contributed by atoms with Gasteiger partial charge in [0.25, 0.3) is 5.91 Å². The fourth-order valence-electron chi connectivity index (χ4n) is 3.80. The molecule has 2 aromatic rings. The molecule has 0 bridgehead atoms. The van der Waals surface area contributed by atoms with E-state index in [9.17, 15) is 14.4 Å². The Morgan fingerprint density at radius 3 is 2.51 bits per heavy atom. The topological polar surface area (TPSA) is 114 Å². The molecule has 8 heteroatoms. The molecule has 0 aromatic heterocycles. The summed E-state index contributed by atoms with van der Waals surface area (Å²) in [6.45, 7) is 8.68. The van der Waals surface area contributed by atoms with Gasteiger partial charge in [-0.2, -0.15) is 0 Å². The lowest BCUT2D eigenvalue weighted by Gasteiger charge is -2.26. The number of carbonyl (C=O) groups excluding carboxylic acids is 3. The number of nitrogens with zero attached hydrogens (tertiary/aromatic N) is 1. The number of hydrogen-bond donors (Lipinski definition) is 3. The van der Waals surface area contributed by atoms with E-state index in [2.05, 4.69) is 10.6 Å². The predicted molar refractivity (Wildman–Crippen MR) is 139 cm³/mol. The van der Waals surface area contributed by atoms with Gasteiger partial charge in [-0.3, -0.25) is 9.59 Å². The van der Waals surface area contributed by atoms with Gasteiger partial charge in [-0.15, -0.1) is 0 Å². The van der Waals surface area contributed by atoms with Gasteiger partial charge in [0, 0.05) is 53.8 Å². The third-order valence-electron chi connectivity index (χ3n) is 5.67. The van der Waals surface area contributed by atoms with E-state index >= 15 is 0 Å². The number of fused-ring (bicyclic) bond motifs is 1. The maximum absolute atomic E-state index is 12.4. The Balaban J connectivity index is 1.58. The van der Waals surface area contributed by atoms with Crippen molar-refractivity contribution in [1.82, 2.24) is 0 Å². The van der Waals surface area contributed by atoms with Gasteiger partial charge in [-0.1, -0.05) is 12.1 Å². The van der Waals surface area contributed by atoms with Crippen LogP contribution < -0.4 is 21.3 Å². The highest BCUT2D eigenvalue weighted by atomic mass is 16.5. The molecule has 186 valence electrons. The van der Waals surface area contributed by atoms with Crippen molar-refractivity contribution in [2.75, 3.05) is 35.2 Å². The van der Waals surface area contributed by atoms with Gasteiger partial charge in [0.2, 0.25) is 5.91 Å². The van der Waals surface area contributed by atoms with Crippen molar-refractivity contribution in [3.05, 3.63) is 59.7 Å². The molecular formula is C27H34N4O4. The quantitative estimate of drug-likeness (QED) is 0.268. The number of benzene rings is 2. The van der Waals surface area contributed by atoms with E-state index in [0.29, 0.717) is 49.4 Å². The van der Waals surface area contributed by atoms with Crippen molar-refractivity contribution in [3.63, 3.8) is 0 Å². The number of carbonyl (C=O) groups is 3. The predicted octanol–water partition coefficient (Wildman–Crippen LogP) is 4.18. The van der Waals surface area contributed by atoms with Gasteiger partial charge in [0.1, 0.15) is 0 Å². The van der Waals surface area contributed by atoms with Crippen LogP contribution in [-0.4, -0.2) is 43.0 Å². The zero-order valence-corrected chi connectivity index (χ0v) is 20.8. The molecule has 1 heterocycles. The molecule has 0 unspecified atom stereocenters. The molecule has 0 fully saturated rings. The number of esters is 1. The van der Waals surface area contributed by atoms with Gasteiger partial charge >= 0.3 is 5.97 Å². The van der Waals surface area contributed by atoms with E-state index in [-0.39, 0.29) is 17.4 Å². The average molecular weight is 479 g/mol. The second kappa shape index (κ2) is 11.2. The summed E-state index contributed by atoms with van der Waals surface area (Å²) < 4.78 is 5.02. The van der Waals surface area contributed by atoms with E-state index in [1.54, 1.807) is 36.9 Å². The normalized spacial score (nSPS) is 13.9. The minimum absolute atomic E-state index is 0.0221. The summed E-state index contributed by atoms with van der Waals surface area (Å²) in [5.74, 6) is -0.617. The molecule has 2 aromatic carbocycles. The Bertz CT molecular complexity index is 1120. The second-order valence-corrected chi connectivity index (χ2v) is 9.22. The molecule has 0 saturated carbocycles. The summed E-state index contributed by atoms with van der Waals surface area (Å²) in [5, 5.41) is 6.15. The molecular weight excluding hydrogens is 444 g/mol. The number of nitrogens with one attached hydrogen (secondary N) is 2. The number of hydrogen-bond acceptors (Lipinski definition) is 6. The summed E-state index contributed by atoms with van der Waals surface area (Å²) in [7, 11) is 0. The molecule has 0 atom stereocenters. The Hall–Kier alpha value is -3.65. The minimum atomic E-state index is -0.410. The number of rotatable bonds is 10. The summed E-state index contributed by atoms with van der Waals surface area (Å²) in [6.07, 6.45) is 3.22. The maximum atomic E-state index is 12.4. The SMILES string of the molecule is CCOC(=O)c1ccc2c(c1)NC(=O)C2=CCCNc1ccc(N(CCC(C)(C)N)C(C)=O)cc1. The second-order valence-electron chi connectivity index (χ2n) is 9.22. The van der Waals surface area contributed by atoms with Crippen molar-refractivity contribution < 1.29 is 19.1 Å². The van der Waals surface area contributed by atoms with Crippen LogP contribution in [0.25, 0.3) is 5.57 Å². The molecule has 0 spiro atoms. The fraction of sp³-hybridized carbons (Fsp3) is 0.370. The van der Waals surface area contributed by atoms with E-state index in [0.717, 1.165) is 16.9 Å². The average Bonchev–Trinajstić information content (AvgIpc) is 3.11. The van der Waals surface area contributed by atoms with E-state index in [1.165, 1.54) is 0 Å². The molecule has 4 N–H and O–H groups in total. The van der Waals surface area contributed by atoms with Gasteiger partial charge in [0.05, 0.1) is 12.2 Å². The monoisotopic (exact) mass is 478 g/mol. The standard InChI is InChI=1S/C27H34N4O4/c1-5-35-26(34)19-8-13-22-23(25(33)30-24(22)17-19)7-6-15-29-20-9-11-21(12-10-20)31(18(2)32)16-14-27(3,4)28/h7-13,17,29H,5-6,14-16,28H2,1-4H3,(H,30,33). The van der Waals surface area contributed by atoms with Crippen LogP contribution >= 0.6 is 0 Å². The Morgan fingerprint density at radius 1 is 1.17 bits per heavy atom. The van der Waals surface area contributed by atoms with Crippen LogP contribution in [0.5, 0.6) is 0 Å². The minimum Gasteiger partial charge on any atom is -0.462 e. The van der Waals surface area contributed by atoms with Crippen molar-refractivity contribution >= 4 is 40.4 Å². The number of ether oxygens (including phenoxy) is 1. The van der Waals surface area contributed by atoms with Crippen molar-refractivity contribution in [2.45, 2.75) is 46.1 Å². The van der Waals surface area contributed by atoms with E-state index in [4.69, 9.17) is 10.5 Å². The summed E-state index contributed by atoms with van der Waals surface area (Å²) in [5.41, 5.74) is 9.86. The Kier molecular flexibility index (Phi) is 8.30. The van der Waals surface area contributed by atoms with E-state index < -0.39 is 5.97 Å². The van der Waals surface area contributed by atoms with Crippen LogP contribution in [0.1, 0.15) is 56.5 Å². The fourth-order valence-corrected chi connectivity index (χ4v) is 3.80. The van der Waals surface area contributed by atoms with Crippen molar-refractivity contribution in [1.29, 1.82) is 0 Å². The molecule has 8 nitrogen and oxygen atoms in total. The lowest BCUT2D eigenvalue weighted by atomic mass is 10.0. The molecule has 0 saturated heterocycles. The van der Waals surface area contributed by atoms with Crippen LogP contribution in [0.15, 0.2) is 48.5 Å². The smallest absolute Gasteiger partial charge is 0.338 e. The molecule has 0 radical (unpaired) electrons. The first-order valence-electron chi connectivity index (χ1n) is 11.8. The zero-order chi connectivity index (χ0) is 25.6. The Labute approximate surface area is 206 Å². The van der Waals surface area contributed by atoms with Gasteiger partial charge in [-0.05, 0) is 70.0 Å². The third-order valence-corrected chi connectivity index (χ3v) is 5.67. The molecule has 1 aliphatic rings. The highest BCUT2D eigenvalue weighted by molar-refractivity contribution is 6.31. The lowest BCUT2D eigenvalue weighted by Crippen LogP contribution is -2.39. The van der Waals surface area contributed by atoms with Gasteiger partial charge in [0.15, 0.2) is 0 Å². The lowest BCUT2D eigenvalue weighted by molar-refractivity contribution is -0.116. The van der Waals surface area contributed by atoms with E-state index in [1.807, 2.05) is 44.2 Å². The largest absolute Gasteiger partial charge is 0.462 e. The molecule has 1 aliphatic heterocycles. The molecule has 0 aliphatic carbocycles. The first kappa shape index (κ1) is 26.0. The highest BCUT2D eigenvalue weighted by Crippen LogP contribution is 2.33. The number of nitrogens with two attached hydrogens (primary N) is 1. The zero-order valence-electron chi connectivity index (χ0n) is 20.8. The van der Waals surface area contributed by atoms with Crippen LogP contribution in [0, 0.1) is 0 Å². The summed E-state index contributed by atoms with van der Waals surface area (Å²) >= 11 is 0. The Morgan fingerprint density at radius 2 is 1.89 bits per heavy atom. The molecule has 35 heavy (non-hydrogen) atoms. The van der Waals surface area contributed by atoms with Gasteiger partial charge in [-0.25, -0.2) is 4.79 Å².